The predicted octanol–water partition coefficient (Wildman–Crippen LogP) is 2.27. The molecule has 2 nitrogen and oxygen atoms in total. The number of rotatable bonds is 2. The van der Waals surface area contributed by atoms with Crippen molar-refractivity contribution in [2.75, 3.05) is 13.1 Å². The molecule has 1 unspecified atom stereocenters. The molecule has 0 saturated carbocycles. The fourth-order valence-corrected chi connectivity index (χ4v) is 2.13. The molecule has 0 amide bonds. The largest absolute Gasteiger partial charge is 0.416 e. The van der Waals surface area contributed by atoms with Crippen molar-refractivity contribution >= 4 is 0 Å². The molecular formula is C12H14F3NO. The van der Waals surface area contributed by atoms with Crippen LogP contribution in [0.5, 0.6) is 0 Å². The number of hydrogen-bond acceptors (Lipinski definition) is 2. The van der Waals surface area contributed by atoms with E-state index in [1.807, 2.05) is 4.90 Å². The Bertz CT molecular complexity index is 392. The van der Waals surface area contributed by atoms with Gasteiger partial charge in [0.1, 0.15) is 0 Å². The van der Waals surface area contributed by atoms with Gasteiger partial charge in [-0.2, -0.15) is 13.2 Å². The van der Waals surface area contributed by atoms with Crippen molar-refractivity contribution in [1.29, 1.82) is 0 Å². The predicted molar refractivity (Wildman–Crippen MR) is 57.3 cm³/mol. The molecule has 1 saturated heterocycles. The van der Waals surface area contributed by atoms with Gasteiger partial charge in [-0.3, -0.25) is 4.90 Å². The summed E-state index contributed by atoms with van der Waals surface area (Å²) >= 11 is 0. The number of hydrogen-bond donors (Lipinski definition) is 1. The highest BCUT2D eigenvalue weighted by atomic mass is 19.4. The highest BCUT2D eigenvalue weighted by Crippen LogP contribution is 2.32. The molecule has 1 fully saturated rings. The summed E-state index contributed by atoms with van der Waals surface area (Å²) in [6.07, 6.45) is -4.09. The van der Waals surface area contributed by atoms with E-state index in [1.165, 1.54) is 12.1 Å². The highest BCUT2D eigenvalue weighted by Gasteiger charge is 2.33. The van der Waals surface area contributed by atoms with Gasteiger partial charge in [-0.15, -0.1) is 0 Å². The molecule has 1 heterocycles. The second kappa shape index (κ2) is 4.66. The van der Waals surface area contributed by atoms with Crippen LogP contribution in [0.2, 0.25) is 0 Å². The molecule has 0 spiro atoms. The third-order valence-electron chi connectivity index (χ3n) is 2.96. The van der Waals surface area contributed by atoms with Gasteiger partial charge in [0.2, 0.25) is 0 Å². The molecule has 1 aliphatic heterocycles. The lowest BCUT2D eigenvalue weighted by atomic mass is 10.1. The van der Waals surface area contributed by atoms with Crippen LogP contribution in [0, 0.1) is 0 Å². The highest BCUT2D eigenvalue weighted by molar-refractivity contribution is 5.29. The Morgan fingerprint density at radius 2 is 2.00 bits per heavy atom. The second-order valence-corrected chi connectivity index (χ2v) is 4.33. The molecular weight excluding hydrogens is 231 g/mol. The standard InChI is InChI=1S/C12H14F3NO/c13-12(14,15)11-4-2-1-3-9(11)7-16-6-5-10(17)8-16/h1-4,10,17H,5-8H2. The van der Waals surface area contributed by atoms with Gasteiger partial charge >= 0.3 is 6.18 Å². The van der Waals surface area contributed by atoms with Crippen LogP contribution in [0.25, 0.3) is 0 Å². The summed E-state index contributed by atoms with van der Waals surface area (Å²) in [4.78, 5) is 1.84. The lowest BCUT2D eigenvalue weighted by Gasteiger charge is -2.18. The quantitative estimate of drug-likeness (QED) is 0.864. The van der Waals surface area contributed by atoms with Crippen LogP contribution >= 0.6 is 0 Å². The molecule has 0 radical (unpaired) electrons. The van der Waals surface area contributed by atoms with Crippen LogP contribution in [0.1, 0.15) is 17.5 Å². The molecule has 1 aromatic carbocycles. The van der Waals surface area contributed by atoms with Gasteiger partial charge in [0.15, 0.2) is 0 Å². The maximum atomic E-state index is 12.7. The van der Waals surface area contributed by atoms with Crippen molar-refractivity contribution in [3.05, 3.63) is 35.4 Å². The Morgan fingerprint density at radius 1 is 1.29 bits per heavy atom. The minimum absolute atomic E-state index is 0.243. The molecule has 2 rings (SSSR count). The summed E-state index contributed by atoms with van der Waals surface area (Å²) in [6, 6.07) is 5.59. The molecule has 1 aliphatic rings. The zero-order valence-corrected chi connectivity index (χ0v) is 9.24. The normalized spacial score (nSPS) is 22.0. The monoisotopic (exact) mass is 245 g/mol. The summed E-state index contributed by atoms with van der Waals surface area (Å²) in [6.45, 7) is 1.34. The Hall–Kier alpha value is -1.07. The Kier molecular flexibility index (Phi) is 3.40. The van der Waals surface area contributed by atoms with Crippen LogP contribution in [0.15, 0.2) is 24.3 Å². The molecule has 1 aromatic rings. The third-order valence-corrected chi connectivity index (χ3v) is 2.96. The first kappa shape index (κ1) is 12.4. The number of likely N-dealkylation sites (tertiary alicyclic amines) is 1. The van der Waals surface area contributed by atoms with Gasteiger partial charge in [-0.1, -0.05) is 18.2 Å². The molecule has 17 heavy (non-hydrogen) atoms. The van der Waals surface area contributed by atoms with Crippen molar-refractivity contribution in [2.45, 2.75) is 25.2 Å². The van der Waals surface area contributed by atoms with E-state index in [0.29, 0.717) is 19.5 Å². The lowest BCUT2D eigenvalue weighted by molar-refractivity contribution is -0.138. The van der Waals surface area contributed by atoms with Crippen LogP contribution in [0.3, 0.4) is 0 Å². The van der Waals surface area contributed by atoms with Crippen LogP contribution in [0.4, 0.5) is 13.2 Å². The maximum Gasteiger partial charge on any atom is 0.416 e. The van der Waals surface area contributed by atoms with E-state index >= 15 is 0 Å². The Labute approximate surface area is 97.7 Å². The van der Waals surface area contributed by atoms with Crippen molar-refractivity contribution < 1.29 is 18.3 Å². The minimum atomic E-state index is -4.31. The maximum absolute atomic E-state index is 12.7. The van der Waals surface area contributed by atoms with Crippen molar-refractivity contribution in [3.63, 3.8) is 0 Å². The number of alkyl halides is 3. The van der Waals surface area contributed by atoms with Gasteiger partial charge < -0.3 is 5.11 Å². The zero-order valence-electron chi connectivity index (χ0n) is 9.24. The van der Waals surface area contributed by atoms with Gasteiger partial charge in [-0.25, -0.2) is 0 Å². The van der Waals surface area contributed by atoms with Crippen LogP contribution < -0.4 is 0 Å². The topological polar surface area (TPSA) is 23.5 Å². The number of nitrogens with zero attached hydrogens (tertiary/aromatic N) is 1. The average molecular weight is 245 g/mol. The average Bonchev–Trinajstić information content (AvgIpc) is 2.63. The number of aliphatic hydroxyl groups excluding tert-OH is 1. The van der Waals surface area contributed by atoms with Gasteiger partial charge in [0, 0.05) is 19.6 Å². The Morgan fingerprint density at radius 3 is 2.59 bits per heavy atom. The fourth-order valence-electron chi connectivity index (χ4n) is 2.13. The van der Waals surface area contributed by atoms with Crippen molar-refractivity contribution in [3.8, 4) is 0 Å². The summed E-state index contributed by atoms with van der Waals surface area (Å²) < 4.78 is 38.2. The number of aliphatic hydroxyl groups is 1. The molecule has 1 N–H and O–H groups in total. The van der Waals surface area contributed by atoms with Gasteiger partial charge in [-0.05, 0) is 18.1 Å². The minimum Gasteiger partial charge on any atom is -0.392 e. The molecule has 0 bridgehead atoms. The second-order valence-electron chi connectivity index (χ2n) is 4.33. The first-order valence-corrected chi connectivity index (χ1v) is 5.52. The molecule has 1 atom stereocenters. The summed E-state index contributed by atoms with van der Waals surface area (Å²) in [5.74, 6) is 0. The van der Waals surface area contributed by atoms with Gasteiger partial charge in [0.25, 0.3) is 0 Å². The van der Waals surface area contributed by atoms with E-state index in [9.17, 15) is 18.3 Å². The number of β-amino-alcohol motifs (C(OH)–C–C–N with tert-alkyl or cyclic N) is 1. The summed E-state index contributed by atoms with van der Waals surface area (Å²) in [5.41, 5.74) is -0.310. The Balaban J connectivity index is 2.15. The smallest absolute Gasteiger partial charge is 0.392 e. The first-order chi connectivity index (χ1) is 7.97. The van der Waals surface area contributed by atoms with Gasteiger partial charge in [0.05, 0.1) is 11.7 Å². The zero-order chi connectivity index (χ0) is 12.5. The summed E-state index contributed by atoms with van der Waals surface area (Å²) in [7, 11) is 0. The third kappa shape index (κ3) is 2.98. The molecule has 0 aliphatic carbocycles. The molecule has 0 aromatic heterocycles. The van der Waals surface area contributed by atoms with E-state index in [4.69, 9.17) is 0 Å². The van der Waals surface area contributed by atoms with Crippen molar-refractivity contribution in [1.82, 2.24) is 4.90 Å². The van der Waals surface area contributed by atoms with E-state index in [2.05, 4.69) is 0 Å². The van der Waals surface area contributed by atoms with Crippen molar-refractivity contribution in [2.24, 2.45) is 0 Å². The molecule has 5 heteroatoms. The van der Waals surface area contributed by atoms with Crippen LogP contribution in [-0.2, 0) is 12.7 Å². The van der Waals surface area contributed by atoms with E-state index in [0.717, 1.165) is 6.07 Å². The SMILES string of the molecule is OC1CCN(Cc2ccccc2C(F)(F)F)C1. The van der Waals surface area contributed by atoms with Crippen LogP contribution in [-0.4, -0.2) is 29.2 Å². The fraction of sp³-hybridized carbons (Fsp3) is 0.500. The summed E-state index contributed by atoms with van der Waals surface area (Å²) in [5, 5.41) is 9.34. The van der Waals surface area contributed by atoms with E-state index < -0.39 is 17.8 Å². The van der Waals surface area contributed by atoms with E-state index in [-0.39, 0.29) is 12.1 Å². The number of benzene rings is 1. The lowest BCUT2D eigenvalue weighted by Crippen LogP contribution is -2.23. The number of halogens is 3. The van der Waals surface area contributed by atoms with E-state index in [1.54, 1.807) is 6.07 Å². The first-order valence-electron chi connectivity index (χ1n) is 5.52. The molecule has 94 valence electrons.